The van der Waals surface area contributed by atoms with Gasteiger partial charge in [0.15, 0.2) is 5.11 Å². The maximum Gasteiger partial charge on any atom is 0.181 e. The smallest absolute Gasteiger partial charge is 0.181 e. The Morgan fingerprint density at radius 1 is 0.955 bits per heavy atom. The predicted octanol–water partition coefficient (Wildman–Crippen LogP) is 3.25. The molecule has 2 rings (SSSR count). The van der Waals surface area contributed by atoms with E-state index < -0.39 is 0 Å². The summed E-state index contributed by atoms with van der Waals surface area (Å²) in [6.07, 6.45) is 1.78. The topological polar surface area (TPSA) is 27.3 Å². The van der Waals surface area contributed by atoms with Crippen LogP contribution in [-0.2, 0) is 13.1 Å². The van der Waals surface area contributed by atoms with Crippen LogP contribution < -0.4 is 10.7 Å². The van der Waals surface area contributed by atoms with Gasteiger partial charge in [-0.25, -0.2) is 5.01 Å². The van der Waals surface area contributed by atoms with E-state index in [2.05, 4.69) is 46.6 Å². The molecular weight excluding hydrogens is 290 g/mol. The van der Waals surface area contributed by atoms with E-state index in [9.17, 15) is 0 Å². The molecule has 0 aliphatic heterocycles. The first kappa shape index (κ1) is 16.2. The second-order valence-electron chi connectivity index (χ2n) is 4.94. The summed E-state index contributed by atoms with van der Waals surface area (Å²) in [7, 11) is 0. The first-order chi connectivity index (χ1) is 10.8. The number of hydrogen-bond donors (Lipinski definition) is 2. The lowest BCUT2D eigenvalue weighted by Crippen LogP contribution is -2.46. The van der Waals surface area contributed by atoms with Crippen molar-refractivity contribution in [3.63, 3.8) is 0 Å². The second-order valence-corrected chi connectivity index (χ2v) is 5.35. The quantitative estimate of drug-likeness (QED) is 0.466. The van der Waals surface area contributed by atoms with Gasteiger partial charge in [-0.2, -0.15) is 0 Å². The molecule has 0 atom stereocenters. The van der Waals surface area contributed by atoms with E-state index in [1.165, 1.54) is 11.1 Å². The molecule has 0 saturated heterocycles. The number of hydrazine groups is 1. The summed E-state index contributed by atoms with van der Waals surface area (Å²) in [5, 5.41) is 5.80. The molecule has 0 saturated carbocycles. The van der Waals surface area contributed by atoms with Crippen molar-refractivity contribution in [2.24, 2.45) is 0 Å². The van der Waals surface area contributed by atoms with E-state index in [4.69, 9.17) is 12.2 Å². The fraction of sp³-hybridized carbons (Fsp3) is 0.167. The molecule has 0 amide bonds. The third-order valence-electron chi connectivity index (χ3n) is 3.10. The zero-order chi connectivity index (χ0) is 15.6. The van der Waals surface area contributed by atoms with Gasteiger partial charge in [-0.15, -0.1) is 6.58 Å². The lowest BCUT2D eigenvalue weighted by atomic mass is 10.2. The molecule has 0 aliphatic rings. The van der Waals surface area contributed by atoms with Crippen LogP contribution in [0.15, 0.2) is 73.3 Å². The van der Waals surface area contributed by atoms with Crippen molar-refractivity contribution in [1.29, 1.82) is 0 Å². The van der Waals surface area contributed by atoms with Gasteiger partial charge in [-0.1, -0.05) is 66.7 Å². The average Bonchev–Trinajstić information content (AvgIpc) is 2.55. The lowest BCUT2D eigenvalue weighted by molar-refractivity contribution is 0.215. The Balaban J connectivity index is 2.02. The number of nitrogens with zero attached hydrogens (tertiary/aromatic N) is 1. The Kier molecular flexibility index (Phi) is 6.61. The minimum Gasteiger partial charge on any atom is -0.358 e. The molecule has 0 heterocycles. The van der Waals surface area contributed by atoms with Gasteiger partial charge < -0.3 is 5.32 Å². The second kappa shape index (κ2) is 8.97. The highest BCUT2D eigenvalue weighted by Crippen LogP contribution is 2.07. The van der Waals surface area contributed by atoms with Crippen molar-refractivity contribution in [1.82, 2.24) is 15.8 Å². The Morgan fingerprint density at radius 3 is 1.91 bits per heavy atom. The Morgan fingerprint density at radius 2 is 1.45 bits per heavy atom. The number of rotatable bonds is 7. The normalized spacial score (nSPS) is 10.2. The van der Waals surface area contributed by atoms with E-state index in [1.807, 2.05) is 36.4 Å². The largest absolute Gasteiger partial charge is 0.358 e. The molecule has 0 radical (unpaired) electrons. The number of nitrogens with one attached hydrogen (secondary N) is 2. The van der Waals surface area contributed by atoms with Crippen LogP contribution in [0.25, 0.3) is 0 Å². The summed E-state index contributed by atoms with van der Waals surface area (Å²) in [4.78, 5) is 0. The molecule has 2 aromatic rings. The third kappa shape index (κ3) is 5.68. The van der Waals surface area contributed by atoms with Crippen molar-refractivity contribution < 1.29 is 0 Å². The van der Waals surface area contributed by atoms with Gasteiger partial charge in [0.2, 0.25) is 0 Å². The monoisotopic (exact) mass is 311 g/mol. The van der Waals surface area contributed by atoms with Crippen LogP contribution >= 0.6 is 12.2 Å². The minimum atomic E-state index is 0.603. The summed E-state index contributed by atoms with van der Waals surface area (Å²) in [6.45, 7) is 5.87. The fourth-order valence-electron chi connectivity index (χ4n) is 2.09. The first-order valence-electron chi connectivity index (χ1n) is 7.26. The van der Waals surface area contributed by atoms with Gasteiger partial charge in [0.05, 0.1) is 0 Å². The molecule has 0 spiro atoms. The summed E-state index contributed by atoms with van der Waals surface area (Å²) >= 11 is 5.32. The molecule has 2 aromatic carbocycles. The summed E-state index contributed by atoms with van der Waals surface area (Å²) in [5.41, 5.74) is 5.72. The van der Waals surface area contributed by atoms with Crippen LogP contribution in [0.4, 0.5) is 0 Å². The van der Waals surface area contributed by atoms with E-state index >= 15 is 0 Å². The fourth-order valence-corrected chi connectivity index (χ4v) is 2.30. The Bertz CT molecular complexity index is 542. The van der Waals surface area contributed by atoms with Crippen molar-refractivity contribution in [2.75, 3.05) is 6.54 Å². The SMILES string of the molecule is C=CCNC(=S)NN(Cc1ccccc1)Cc1ccccc1. The highest BCUT2D eigenvalue weighted by molar-refractivity contribution is 7.80. The Labute approximate surface area is 137 Å². The highest BCUT2D eigenvalue weighted by Gasteiger charge is 2.08. The molecule has 0 aromatic heterocycles. The van der Waals surface area contributed by atoms with E-state index in [-0.39, 0.29) is 0 Å². The van der Waals surface area contributed by atoms with Crippen LogP contribution in [0.2, 0.25) is 0 Å². The van der Waals surface area contributed by atoms with E-state index in [0.29, 0.717) is 11.7 Å². The molecule has 3 nitrogen and oxygen atoms in total. The molecule has 22 heavy (non-hydrogen) atoms. The molecule has 2 N–H and O–H groups in total. The van der Waals surface area contributed by atoms with Gasteiger partial charge in [0, 0.05) is 19.6 Å². The molecule has 0 fully saturated rings. The summed E-state index contributed by atoms with van der Waals surface area (Å²) in [6, 6.07) is 20.7. The summed E-state index contributed by atoms with van der Waals surface area (Å²) in [5.74, 6) is 0. The van der Waals surface area contributed by atoms with Crippen LogP contribution in [0.3, 0.4) is 0 Å². The van der Waals surface area contributed by atoms with Crippen molar-refractivity contribution >= 4 is 17.3 Å². The van der Waals surface area contributed by atoms with Crippen LogP contribution in [0, 0.1) is 0 Å². The van der Waals surface area contributed by atoms with Gasteiger partial charge in [0.1, 0.15) is 0 Å². The predicted molar refractivity (Wildman–Crippen MR) is 96.1 cm³/mol. The zero-order valence-corrected chi connectivity index (χ0v) is 13.4. The average molecular weight is 311 g/mol. The van der Waals surface area contributed by atoms with Gasteiger partial charge in [0.25, 0.3) is 0 Å². The van der Waals surface area contributed by atoms with Gasteiger partial charge in [-0.05, 0) is 23.3 Å². The van der Waals surface area contributed by atoms with Crippen molar-refractivity contribution in [3.05, 3.63) is 84.4 Å². The van der Waals surface area contributed by atoms with E-state index in [1.54, 1.807) is 6.08 Å². The van der Waals surface area contributed by atoms with Crippen LogP contribution in [0.1, 0.15) is 11.1 Å². The number of thiocarbonyl (C=S) groups is 1. The standard InChI is InChI=1S/C18H21N3S/c1-2-13-19-18(22)20-21(14-16-9-5-3-6-10-16)15-17-11-7-4-8-12-17/h2-12H,1,13-15H2,(H2,19,20,22). The van der Waals surface area contributed by atoms with Crippen LogP contribution in [0.5, 0.6) is 0 Å². The van der Waals surface area contributed by atoms with Crippen molar-refractivity contribution in [2.45, 2.75) is 13.1 Å². The minimum absolute atomic E-state index is 0.603. The number of benzene rings is 2. The number of hydrogen-bond acceptors (Lipinski definition) is 2. The molecule has 0 aliphatic carbocycles. The molecule has 0 bridgehead atoms. The van der Waals surface area contributed by atoms with Crippen molar-refractivity contribution in [3.8, 4) is 0 Å². The first-order valence-corrected chi connectivity index (χ1v) is 7.67. The molecular formula is C18H21N3S. The highest BCUT2D eigenvalue weighted by atomic mass is 32.1. The lowest BCUT2D eigenvalue weighted by Gasteiger charge is -2.25. The maximum atomic E-state index is 5.32. The van der Waals surface area contributed by atoms with E-state index in [0.717, 1.165) is 13.1 Å². The molecule has 0 unspecified atom stereocenters. The maximum absolute atomic E-state index is 5.32. The Hall–Kier alpha value is -2.17. The summed E-state index contributed by atoms with van der Waals surface area (Å²) < 4.78 is 0. The molecule has 114 valence electrons. The zero-order valence-electron chi connectivity index (χ0n) is 12.5. The van der Waals surface area contributed by atoms with Crippen LogP contribution in [-0.4, -0.2) is 16.7 Å². The van der Waals surface area contributed by atoms with Gasteiger partial charge >= 0.3 is 0 Å². The molecule has 4 heteroatoms. The third-order valence-corrected chi connectivity index (χ3v) is 3.33. The van der Waals surface area contributed by atoms with Gasteiger partial charge in [-0.3, -0.25) is 5.43 Å².